The molecule has 0 unspecified atom stereocenters. The number of hydrogen-bond donors (Lipinski definition) is 3. The lowest BCUT2D eigenvalue weighted by atomic mass is 9.93. The van der Waals surface area contributed by atoms with Crippen molar-refractivity contribution in [1.29, 1.82) is 0 Å². The molecular formula is C27H36N6O3. The first-order valence-electron chi connectivity index (χ1n) is 13.2. The Balaban J connectivity index is 1.02. The van der Waals surface area contributed by atoms with E-state index in [1.807, 2.05) is 18.2 Å². The van der Waals surface area contributed by atoms with Gasteiger partial charge in [-0.05, 0) is 68.2 Å². The molecule has 0 spiro atoms. The zero-order valence-corrected chi connectivity index (χ0v) is 20.7. The van der Waals surface area contributed by atoms with Gasteiger partial charge in [-0.1, -0.05) is 12.1 Å². The van der Waals surface area contributed by atoms with Gasteiger partial charge in [0, 0.05) is 51.2 Å². The van der Waals surface area contributed by atoms with Crippen LogP contribution in [0.2, 0.25) is 0 Å². The lowest BCUT2D eigenvalue weighted by molar-refractivity contribution is -0.142. The SMILES string of the molecule is O=C(N[C@@H](CCN1CC(CCc2ccc3c(n2)NCCC3)C1)C(=O)O)[C@H]1CCN(c2ccccn2)C1. The van der Waals surface area contributed by atoms with Gasteiger partial charge in [-0.2, -0.15) is 0 Å². The van der Waals surface area contributed by atoms with Crippen LogP contribution in [0.3, 0.4) is 0 Å². The molecule has 3 aliphatic rings. The number of carboxylic acid groups (broad SMARTS) is 1. The fourth-order valence-electron chi connectivity index (χ4n) is 5.48. The number of hydrogen-bond acceptors (Lipinski definition) is 7. The molecule has 2 aromatic rings. The van der Waals surface area contributed by atoms with Gasteiger partial charge in [-0.25, -0.2) is 14.8 Å². The molecule has 5 rings (SSSR count). The zero-order valence-electron chi connectivity index (χ0n) is 20.7. The van der Waals surface area contributed by atoms with Crippen molar-refractivity contribution in [3.8, 4) is 0 Å². The van der Waals surface area contributed by atoms with Crippen molar-refractivity contribution in [2.75, 3.05) is 49.5 Å². The molecule has 2 saturated heterocycles. The van der Waals surface area contributed by atoms with E-state index in [1.54, 1.807) is 6.20 Å². The predicted octanol–water partition coefficient (Wildman–Crippen LogP) is 2.19. The van der Waals surface area contributed by atoms with Gasteiger partial charge in [0.25, 0.3) is 0 Å². The molecule has 0 aliphatic carbocycles. The van der Waals surface area contributed by atoms with Crippen LogP contribution in [0.4, 0.5) is 11.6 Å². The van der Waals surface area contributed by atoms with Gasteiger partial charge in [0.2, 0.25) is 5.91 Å². The van der Waals surface area contributed by atoms with E-state index in [1.165, 1.54) is 12.0 Å². The molecule has 3 aliphatic heterocycles. The van der Waals surface area contributed by atoms with Crippen molar-refractivity contribution in [1.82, 2.24) is 20.2 Å². The number of aliphatic carboxylic acids is 1. The van der Waals surface area contributed by atoms with Crippen molar-refractivity contribution >= 4 is 23.5 Å². The molecule has 9 heteroatoms. The number of aromatic nitrogens is 2. The van der Waals surface area contributed by atoms with Crippen molar-refractivity contribution in [2.45, 2.75) is 44.6 Å². The molecule has 9 nitrogen and oxygen atoms in total. The minimum Gasteiger partial charge on any atom is -0.480 e. The summed E-state index contributed by atoms with van der Waals surface area (Å²) in [5.41, 5.74) is 2.46. The summed E-state index contributed by atoms with van der Waals surface area (Å²) >= 11 is 0. The number of anilines is 2. The third-order valence-electron chi connectivity index (χ3n) is 7.67. The first-order chi connectivity index (χ1) is 17.5. The maximum absolute atomic E-state index is 12.8. The number of aryl methyl sites for hydroxylation is 2. The number of carbonyl (C=O) groups is 2. The van der Waals surface area contributed by atoms with Crippen LogP contribution in [-0.2, 0) is 22.4 Å². The second kappa shape index (κ2) is 11.2. The Labute approximate surface area is 212 Å². The van der Waals surface area contributed by atoms with Crippen molar-refractivity contribution < 1.29 is 14.7 Å². The van der Waals surface area contributed by atoms with Gasteiger partial charge in [0.1, 0.15) is 17.7 Å². The molecule has 1 amide bonds. The van der Waals surface area contributed by atoms with Crippen molar-refractivity contribution in [3.63, 3.8) is 0 Å². The van der Waals surface area contributed by atoms with Gasteiger partial charge in [0.05, 0.1) is 5.92 Å². The number of carboxylic acids is 1. The van der Waals surface area contributed by atoms with Gasteiger partial charge >= 0.3 is 5.97 Å². The molecular weight excluding hydrogens is 456 g/mol. The van der Waals surface area contributed by atoms with Crippen LogP contribution in [0.5, 0.6) is 0 Å². The molecule has 0 bridgehead atoms. The minimum absolute atomic E-state index is 0.172. The smallest absolute Gasteiger partial charge is 0.326 e. The van der Waals surface area contributed by atoms with E-state index in [2.05, 4.69) is 37.6 Å². The second-order valence-electron chi connectivity index (χ2n) is 10.3. The number of pyridine rings is 2. The number of nitrogens with one attached hydrogen (secondary N) is 2. The monoisotopic (exact) mass is 492 g/mol. The highest BCUT2D eigenvalue weighted by atomic mass is 16.4. The van der Waals surface area contributed by atoms with E-state index < -0.39 is 12.0 Å². The van der Waals surface area contributed by atoms with Crippen molar-refractivity contribution in [3.05, 3.63) is 47.8 Å². The Bertz CT molecular complexity index is 1060. The summed E-state index contributed by atoms with van der Waals surface area (Å²) < 4.78 is 0. The van der Waals surface area contributed by atoms with E-state index in [-0.39, 0.29) is 11.8 Å². The topological polar surface area (TPSA) is 111 Å². The van der Waals surface area contributed by atoms with Gasteiger partial charge in [-0.15, -0.1) is 0 Å². The third-order valence-corrected chi connectivity index (χ3v) is 7.67. The van der Waals surface area contributed by atoms with Crippen LogP contribution in [-0.4, -0.2) is 77.2 Å². The Morgan fingerprint density at radius 2 is 2.08 bits per heavy atom. The van der Waals surface area contributed by atoms with Gasteiger partial charge < -0.3 is 25.5 Å². The molecule has 2 atom stereocenters. The average molecular weight is 493 g/mol. The van der Waals surface area contributed by atoms with Crippen LogP contribution < -0.4 is 15.5 Å². The number of rotatable bonds is 10. The molecule has 2 aromatic heterocycles. The average Bonchev–Trinajstić information content (AvgIpc) is 3.37. The number of likely N-dealkylation sites (tertiary alicyclic amines) is 1. The number of fused-ring (bicyclic) bond motifs is 1. The maximum Gasteiger partial charge on any atom is 0.326 e. The summed E-state index contributed by atoms with van der Waals surface area (Å²) in [6.07, 6.45) is 7.21. The fraction of sp³-hybridized carbons (Fsp3) is 0.556. The number of carbonyl (C=O) groups excluding carboxylic acids is 1. The number of nitrogens with zero attached hydrogens (tertiary/aromatic N) is 4. The van der Waals surface area contributed by atoms with Crippen LogP contribution in [0.25, 0.3) is 0 Å². The first-order valence-corrected chi connectivity index (χ1v) is 13.2. The van der Waals surface area contributed by atoms with Crippen molar-refractivity contribution in [2.24, 2.45) is 11.8 Å². The molecule has 3 N–H and O–H groups in total. The summed E-state index contributed by atoms with van der Waals surface area (Å²) in [4.78, 5) is 38.1. The standard InChI is InChI=1S/C27H36N6O3/c34-26(21-10-15-33(18-21)24-5-1-2-12-28-24)31-23(27(35)36)11-14-32-16-19(17-32)6-8-22-9-7-20-4-3-13-29-25(20)30-22/h1-2,5,7,9,12,19,21,23H,3-4,6,8,10-11,13-18H2,(H,29,30)(H,31,34)(H,35,36)/t21-,23-/m0/s1. The Morgan fingerprint density at radius 1 is 1.19 bits per heavy atom. The lowest BCUT2D eigenvalue weighted by Gasteiger charge is -2.40. The quantitative estimate of drug-likeness (QED) is 0.463. The summed E-state index contributed by atoms with van der Waals surface area (Å²) in [5.74, 6) is 1.17. The normalized spacial score (nSPS) is 20.8. The maximum atomic E-state index is 12.8. The van der Waals surface area contributed by atoms with Gasteiger partial charge in [0.15, 0.2) is 0 Å². The van der Waals surface area contributed by atoms with E-state index in [9.17, 15) is 14.7 Å². The highest BCUT2D eigenvalue weighted by Gasteiger charge is 2.33. The molecule has 5 heterocycles. The molecule has 0 radical (unpaired) electrons. The zero-order chi connectivity index (χ0) is 24.9. The molecule has 36 heavy (non-hydrogen) atoms. The summed E-state index contributed by atoms with van der Waals surface area (Å²) in [5, 5.41) is 15.9. The number of amides is 1. The predicted molar refractivity (Wildman–Crippen MR) is 138 cm³/mol. The molecule has 2 fully saturated rings. The van der Waals surface area contributed by atoms with E-state index >= 15 is 0 Å². The van der Waals surface area contributed by atoms with E-state index in [0.29, 0.717) is 31.8 Å². The third kappa shape index (κ3) is 5.95. The minimum atomic E-state index is -0.966. The van der Waals surface area contributed by atoms with E-state index in [4.69, 9.17) is 4.98 Å². The van der Waals surface area contributed by atoms with E-state index in [0.717, 1.165) is 62.8 Å². The Hall–Kier alpha value is -3.20. The summed E-state index contributed by atoms with van der Waals surface area (Å²) in [6.45, 7) is 4.95. The highest BCUT2D eigenvalue weighted by Crippen LogP contribution is 2.25. The lowest BCUT2D eigenvalue weighted by Crippen LogP contribution is -2.50. The molecule has 192 valence electrons. The first kappa shape index (κ1) is 24.5. The Morgan fingerprint density at radius 3 is 2.89 bits per heavy atom. The summed E-state index contributed by atoms with van der Waals surface area (Å²) in [7, 11) is 0. The van der Waals surface area contributed by atoms with Crippen LogP contribution in [0.1, 0.15) is 36.9 Å². The van der Waals surface area contributed by atoms with Gasteiger partial charge in [-0.3, -0.25) is 4.79 Å². The Kier molecular flexibility index (Phi) is 7.65. The van der Waals surface area contributed by atoms with Crippen LogP contribution >= 0.6 is 0 Å². The largest absolute Gasteiger partial charge is 0.480 e. The fourth-order valence-corrected chi connectivity index (χ4v) is 5.48. The highest BCUT2D eigenvalue weighted by molar-refractivity contribution is 5.85. The second-order valence-corrected chi connectivity index (χ2v) is 10.3. The summed E-state index contributed by atoms with van der Waals surface area (Å²) in [6, 6.07) is 9.24. The van der Waals surface area contributed by atoms with Crippen LogP contribution in [0.15, 0.2) is 36.5 Å². The van der Waals surface area contributed by atoms with Crippen LogP contribution in [0, 0.1) is 11.8 Å². The molecule has 0 saturated carbocycles. The molecule has 0 aromatic carbocycles.